The maximum Gasteiger partial charge on any atom is 0.246 e. The molecule has 1 fully saturated rings. The van der Waals surface area contributed by atoms with E-state index in [-0.39, 0.29) is 5.91 Å². The molecule has 6 nitrogen and oxygen atoms in total. The molecule has 29 heavy (non-hydrogen) atoms. The van der Waals surface area contributed by atoms with Crippen LogP contribution < -0.4 is 9.62 Å². The Morgan fingerprint density at radius 2 is 1.69 bits per heavy atom. The van der Waals surface area contributed by atoms with E-state index < -0.39 is 10.0 Å². The third kappa shape index (κ3) is 6.09. The van der Waals surface area contributed by atoms with E-state index >= 15 is 0 Å². The predicted molar refractivity (Wildman–Crippen MR) is 118 cm³/mol. The summed E-state index contributed by atoms with van der Waals surface area (Å²) in [5, 5.41) is 0. The molecule has 0 aromatic heterocycles. The largest absolute Gasteiger partial charge is 0.371 e. The number of amides is 1. The molecule has 0 radical (unpaired) electrons. The summed E-state index contributed by atoms with van der Waals surface area (Å²) in [6.45, 7) is 1.48. The quantitative estimate of drug-likeness (QED) is 0.739. The van der Waals surface area contributed by atoms with Gasteiger partial charge in [-0.1, -0.05) is 30.3 Å². The van der Waals surface area contributed by atoms with Crippen LogP contribution in [0.3, 0.4) is 0 Å². The van der Waals surface area contributed by atoms with Crippen LogP contribution in [0, 0.1) is 0 Å². The summed E-state index contributed by atoms with van der Waals surface area (Å²) in [5.41, 5.74) is 2.54. The fourth-order valence-electron chi connectivity index (χ4n) is 3.50. The zero-order valence-electron chi connectivity index (χ0n) is 16.8. The van der Waals surface area contributed by atoms with E-state index in [2.05, 4.69) is 28.8 Å². The lowest BCUT2D eigenvalue weighted by atomic mass is 10.0. The number of carbonyl (C=O) groups is 1. The number of benzene rings is 2. The average molecular weight is 414 g/mol. The maximum atomic E-state index is 12.5. The van der Waals surface area contributed by atoms with E-state index in [0.717, 1.165) is 37.8 Å². The molecule has 0 saturated carbocycles. The Morgan fingerprint density at radius 1 is 1.07 bits per heavy atom. The van der Waals surface area contributed by atoms with Gasteiger partial charge in [0, 0.05) is 43.6 Å². The Labute approximate surface area is 172 Å². The Hall–Kier alpha value is -2.80. The molecule has 1 heterocycles. The van der Waals surface area contributed by atoms with Gasteiger partial charge in [0.15, 0.2) is 0 Å². The Bertz CT molecular complexity index is 949. The molecule has 1 saturated heterocycles. The number of nitrogens with zero attached hydrogens (tertiary/aromatic N) is 2. The van der Waals surface area contributed by atoms with Crippen molar-refractivity contribution in [1.82, 2.24) is 4.90 Å². The number of carbonyl (C=O) groups excluding carboxylic acids is 1. The predicted octanol–water partition coefficient (Wildman–Crippen LogP) is 3.20. The summed E-state index contributed by atoms with van der Waals surface area (Å²) in [6, 6.07) is 17.6. The highest BCUT2D eigenvalue weighted by atomic mass is 32.2. The van der Waals surface area contributed by atoms with E-state index in [1.807, 2.05) is 23.1 Å². The highest BCUT2D eigenvalue weighted by molar-refractivity contribution is 7.92. The highest BCUT2D eigenvalue weighted by Crippen LogP contribution is 2.22. The number of anilines is 2. The first-order valence-corrected chi connectivity index (χ1v) is 11.5. The van der Waals surface area contributed by atoms with Crippen molar-refractivity contribution in [2.45, 2.75) is 18.9 Å². The topological polar surface area (TPSA) is 69.7 Å². The Balaban J connectivity index is 1.52. The SMILES string of the molecule is CN(c1ccccc1)C1CCN(C(=O)C=Cc2ccc(NS(C)(=O)=O)cc2)CC1. The maximum absolute atomic E-state index is 12.5. The van der Waals surface area contributed by atoms with Gasteiger partial charge < -0.3 is 9.80 Å². The molecule has 3 rings (SSSR count). The van der Waals surface area contributed by atoms with Gasteiger partial charge in [-0.2, -0.15) is 0 Å². The minimum absolute atomic E-state index is 0.00384. The lowest BCUT2D eigenvalue weighted by molar-refractivity contribution is -0.126. The summed E-state index contributed by atoms with van der Waals surface area (Å²) in [6.07, 6.45) is 6.34. The van der Waals surface area contributed by atoms with Gasteiger partial charge in [0.2, 0.25) is 15.9 Å². The molecule has 154 valence electrons. The minimum Gasteiger partial charge on any atom is -0.371 e. The lowest BCUT2D eigenvalue weighted by Gasteiger charge is -2.37. The second-order valence-corrected chi connectivity index (χ2v) is 9.08. The molecule has 1 aliphatic heterocycles. The molecule has 0 atom stereocenters. The van der Waals surface area contributed by atoms with Crippen LogP contribution in [0.5, 0.6) is 0 Å². The lowest BCUT2D eigenvalue weighted by Crippen LogP contribution is -2.45. The van der Waals surface area contributed by atoms with Crippen molar-refractivity contribution in [3.05, 3.63) is 66.2 Å². The molecular formula is C22H27N3O3S. The van der Waals surface area contributed by atoms with Crippen molar-refractivity contribution in [3.8, 4) is 0 Å². The van der Waals surface area contributed by atoms with Crippen LogP contribution in [0.15, 0.2) is 60.7 Å². The van der Waals surface area contributed by atoms with Gasteiger partial charge in [-0.25, -0.2) is 8.42 Å². The number of hydrogen-bond acceptors (Lipinski definition) is 4. The third-order valence-corrected chi connectivity index (χ3v) is 5.73. The number of likely N-dealkylation sites (tertiary alicyclic amines) is 1. The van der Waals surface area contributed by atoms with Gasteiger partial charge in [0.1, 0.15) is 0 Å². The van der Waals surface area contributed by atoms with Crippen LogP contribution in [0.4, 0.5) is 11.4 Å². The summed E-state index contributed by atoms with van der Waals surface area (Å²) < 4.78 is 24.9. The van der Waals surface area contributed by atoms with Crippen LogP contribution in [-0.2, 0) is 14.8 Å². The molecule has 0 spiro atoms. The van der Waals surface area contributed by atoms with Crippen molar-refractivity contribution in [2.24, 2.45) is 0 Å². The van der Waals surface area contributed by atoms with Gasteiger partial charge in [-0.3, -0.25) is 9.52 Å². The highest BCUT2D eigenvalue weighted by Gasteiger charge is 2.24. The zero-order chi connectivity index (χ0) is 20.9. The van der Waals surface area contributed by atoms with Crippen LogP contribution in [-0.4, -0.2) is 51.7 Å². The van der Waals surface area contributed by atoms with Gasteiger partial charge in [-0.15, -0.1) is 0 Å². The van der Waals surface area contributed by atoms with Gasteiger partial charge in [-0.05, 0) is 48.7 Å². The van der Waals surface area contributed by atoms with E-state index in [0.29, 0.717) is 11.7 Å². The van der Waals surface area contributed by atoms with E-state index in [4.69, 9.17) is 0 Å². The van der Waals surface area contributed by atoms with Crippen LogP contribution in [0.2, 0.25) is 0 Å². The first kappa shape index (κ1) is 20.9. The zero-order valence-corrected chi connectivity index (χ0v) is 17.6. The number of sulfonamides is 1. The summed E-state index contributed by atoms with van der Waals surface area (Å²) in [7, 11) is -1.18. The molecule has 1 aliphatic rings. The summed E-state index contributed by atoms with van der Waals surface area (Å²) in [4.78, 5) is 16.7. The fourth-order valence-corrected chi connectivity index (χ4v) is 4.06. The van der Waals surface area contributed by atoms with Gasteiger partial charge in [0.05, 0.1) is 6.26 Å². The molecule has 0 bridgehead atoms. The Kier molecular flexibility index (Phi) is 6.59. The number of para-hydroxylation sites is 1. The van der Waals surface area contributed by atoms with Gasteiger partial charge >= 0.3 is 0 Å². The molecule has 7 heteroatoms. The number of hydrogen-bond donors (Lipinski definition) is 1. The molecule has 2 aromatic carbocycles. The van der Waals surface area contributed by atoms with E-state index in [9.17, 15) is 13.2 Å². The average Bonchev–Trinajstić information content (AvgIpc) is 2.72. The van der Waals surface area contributed by atoms with Crippen molar-refractivity contribution in [3.63, 3.8) is 0 Å². The van der Waals surface area contributed by atoms with Crippen molar-refractivity contribution in [2.75, 3.05) is 36.0 Å². The standard InChI is InChI=1S/C22H27N3O3S/c1-24(20-6-4-3-5-7-20)21-14-16-25(17-15-21)22(26)13-10-18-8-11-19(12-9-18)23-29(2,27)28/h3-13,21,23H,14-17H2,1-2H3. The van der Waals surface area contributed by atoms with E-state index in [1.54, 1.807) is 36.4 Å². The first-order valence-electron chi connectivity index (χ1n) is 9.64. The Morgan fingerprint density at radius 3 is 2.28 bits per heavy atom. The smallest absolute Gasteiger partial charge is 0.246 e. The molecule has 2 aromatic rings. The monoisotopic (exact) mass is 413 g/mol. The fraction of sp³-hybridized carbons (Fsp3) is 0.318. The number of rotatable bonds is 6. The molecule has 0 unspecified atom stereocenters. The van der Waals surface area contributed by atoms with Crippen molar-refractivity contribution < 1.29 is 13.2 Å². The number of nitrogens with one attached hydrogen (secondary N) is 1. The number of piperidine rings is 1. The molecule has 1 amide bonds. The van der Waals surface area contributed by atoms with Crippen molar-refractivity contribution in [1.29, 1.82) is 0 Å². The first-order chi connectivity index (χ1) is 13.8. The van der Waals surface area contributed by atoms with Crippen molar-refractivity contribution >= 4 is 33.4 Å². The van der Waals surface area contributed by atoms with Crippen LogP contribution in [0.1, 0.15) is 18.4 Å². The van der Waals surface area contributed by atoms with Gasteiger partial charge in [0.25, 0.3) is 0 Å². The normalized spacial score (nSPS) is 15.4. The minimum atomic E-state index is -3.29. The molecular weight excluding hydrogens is 386 g/mol. The third-order valence-electron chi connectivity index (χ3n) is 5.12. The second-order valence-electron chi connectivity index (χ2n) is 7.33. The van der Waals surface area contributed by atoms with Crippen LogP contribution in [0.25, 0.3) is 6.08 Å². The second kappa shape index (κ2) is 9.13. The van der Waals surface area contributed by atoms with Crippen LogP contribution >= 0.6 is 0 Å². The summed E-state index contributed by atoms with van der Waals surface area (Å²) in [5.74, 6) is 0.00384. The molecule has 1 N–H and O–H groups in total. The van der Waals surface area contributed by atoms with E-state index in [1.165, 1.54) is 5.69 Å². The summed E-state index contributed by atoms with van der Waals surface area (Å²) >= 11 is 0. The molecule has 0 aliphatic carbocycles.